The minimum absolute atomic E-state index is 0.000000000000000222. The molecule has 0 bridgehead atoms. The molecule has 8 heavy (non-hydrogen) atoms. The Balaban J connectivity index is 2.81. The van der Waals surface area contributed by atoms with Gasteiger partial charge in [-0.25, -0.2) is 4.85 Å². The van der Waals surface area contributed by atoms with Crippen LogP contribution in [0.5, 0.6) is 0 Å². The summed E-state index contributed by atoms with van der Waals surface area (Å²) >= 11 is 0. The summed E-state index contributed by atoms with van der Waals surface area (Å²) in [6, 6.07) is 0. The summed E-state index contributed by atoms with van der Waals surface area (Å²) in [5, 5.41) is 0. The Morgan fingerprint density at radius 1 is 1.75 bits per heavy atom. The van der Waals surface area contributed by atoms with Crippen molar-refractivity contribution in [2.75, 3.05) is 0 Å². The van der Waals surface area contributed by atoms with Gasteiger partial charge >= 0.3 is 0 Å². The van der Waals surface area contributed by atoms with Crippen LogP contribution in [0.4, 0.5) is 0 Å². The third kappa shape index (κ3) is 0.627. The van der Waals surface area contributed by atoms with Crippen molar-refractivity contribution in [3.63, 3.8) is 0 Å². The van der Waals surface area contributed by atoms with Crippen LogP contribution < -0.4 is 0 Å². The zero-order valence-corrected chi connectivity index (χ0v) is 4.35. The SMILES string of the molecule is [C-]#[N+]C1=CCCC1=O. The van der Waals surface area contributed by atoms with Crippen LogP contribution in [-0.2, 0) is 4.79 Å². The topological polar surface area (TPSA) is 21.4 Å². The molecule has 0 aromatic rings. The number of carbonyl (C=O) groups excluding carboxylic acids is 1. The number of hydrogen-bond donors (Lipinski definition) is 0. The number of allylic oxidation sites excluding steroid dienone is 2. The molecule has 0 unspecified atom stereocenters. The lowest BCUT2D eigenvalue weighted by molar-refractivity contribution is -0.114. The van der Waals surface area contributed by atoms with Crippen LogP contribution in [-0.4, -0.2) is 5.78 Å². The van der Waals surface area contributed by atoms with Gasteiger partial charge in [-0.05, 0) is 6.42 Å². The van der Waals surface area contributed by atoms with E-state index < -0.39 is 0 Å². The van der Waals surface area contributed by atoms with Crippen molar-refractivity contribution in [1.82, 2.24) is 0 Å². The third-order valence-electron chi connectivity index (χ3n) is 1.12. The molecule has 2 nitrogen and oxygen atoms in total. The number of Topliss-reactive ketones (excluding diaryl/α,β-unsaturated/α-hetero) is 1. The molecule has 0 spiro atoms. The quantitative estimate of drug-likeness (QED) is 0.425. The standard InChI is InChI=1S/C6H5NO/c1-7-5-3-2-4-6(5)8/h3H,2,4H2. The first kappa shape index (κ1) is 5.04. The van der Waals surface area contributed by atoms with Crippen molar-refractivity contribution in [1.29, 1.82) is 0 Å². The van der Waals surface area contributed by atoms with Gasteiger partial charge in [0.15, 0.2) is 5.78 Å². The fourth-order valence-corrected chi connectivity index (χ4v) is 0.690. The van der Waals surface area contributed by atoms with Gasteiger partial charge in [0.05, 0.1) is 6.57 Å². The third-order valence-corrected chi connectivity index (χ3v) is 1.12. The summed E-state index contributed by atoms with van der Waals surface area (Å²) in [5.41, 5.74) is 0.324. The lowest BCUT2D eigenvalue weighted by atomic mass is 10.3. The van der Waals surface area contributed by atoms with Gasteiger partial charge in [0, 0.05) is 6.42 Å². The van der Waals surface area contributed by atoms with E-state index in [9.17, 15) is 4.79 Å². The van der Waals surface area contributed by atoms with Crippen molar-refractivity contribution in [2.24, 2.45) is 0 Å². The molecule has 0 atom stereocenters. The highest BCUT2D eigenvalue weighted by Crippen LogP contribution is 2.13. The van der Waals surface area contributed by atoms with E-state index in [1.807, 2.05) is 0 Å². The maximum atomic E-state index is 10.5. The van der Waals surface area contributed by atoms with E-state index in [0.29, 0.717) is 12.1 Å². The molecule has 0 saturated carbocycles. The summed E-state index contributed by atoms with van der Waals surface area (Å²) in [6.07, 6.45) is 2.99. The second kappa shape index (κ2) is 1.79. The molecule has 1 rings (SSSR count). The number of ketones is 1. The molecular weight excluding hydrogens is 102 g/mol. The highest BCUT2D eigenvalue weighted by atomic mass is 16.1. The van der Waals surface area contributed by atoms with Crippen molar-refractivity contribution in [3.8, 4) is 0 Å². The zero-order valence-electron chi connectivity index (χ0n) is 4.35. The minimum Gasteiger partial charge on any atom is -0.308 e. The number of nitrogens with zero attached hydrogens (tertiary/aromatic N) is 1. The summed E-state index contributed by atoms with van der Waals surface area (Å²) < 4.78 is 0. The average molecular weight is 107 g/mol. The minimum atomic E-state index is 0.000000000000000222. The molecule has 0 radical (unpaired) electrons. The highest BCUT2D eigenvalue weighted by Gasteiger charge is 2.13. The van der Waals surface area contributed by atoms with Crippen LogP contribution in [0, 0.1) is 6.57 Å². The Hall–Kier alpha value is -1.10. The lowest BCUT2D eigenvalue weighted by Crippen LogP contribution is -1.88. The van der Waals surface area contributed by atoms with E-state index >= 15 is 0 Å². The molecule has 2 heteroatoms. The van der Waals surface area contributed by atoms with Crippen LogP contribution in [0.1, 0.15) is 12.8 Å². The van der Waals surface area contributed by atoms with Crippen LogP contribution in [0.2, 0.25) is 0 Å². The second-order valence-corrected chi connectivity index (χ2v) is 1.66. The fraction of sp³-hybridized carbons (Fsp3) is 0.333. The number of hydrogen-bond acceptors (Lipinski definition) is 1. The molecule has 1 aliphatic rings. The van der Waals surface area contributed by atoms with E-state index in [4.69, 9.17) is 6.57 Å². The molecule has 0 fully saturated rings. The molecule has 0 aromatic heterocycles. The monoisotopic (exact) mass is 107 g/mol. The van der Waals surface area contributed by atoms with Crippen LogP contribution in [0.25, 0.3) is 4.85 Å². The Morgan fingerprint density at radius 3 is 2.75 bits per heavy atom. The van der Waals surface area contributed by atoms with Crippen molar-refractivity contribution in [3.05, 3.63) is 23.2 Å². The normalized spacial score (nSPS) is 17.9. The number of rotatable bonds is 0. The van der Waals surface area contributed by atoms with Crippen LogP contribution >= 0.6 is 0 Å². The molecule has 1 aliphatic carbocycles. The molecule has 0 heterocycles. The Kier molecular flexibility index (Phi) is 1.13. The van der Waals surface area contributed by atoms with Gasteiger partial charge in [-0.2, -0.15) is 0 Å². The number of carbonyl (C=O) groups is 1. The van der Waals surface area contributed by atoms with Gasteiger partial charge in [-0.1, -0.05) is 6.08 Å². The van der Waals surface area contributed by atoms with Gasteiger partial charge < -0.3 is 4.79 Å². The Morgan fingerprint density at radius 2 is 2.50 bits per heavy atom. The van der Waals surface area contributed by atoms with Crippen molar-refractivity contribution < 1.29 is 4.79 Å². The summed E-state index contributed by atoms with van der Waals surface area (Å²) in [4.78, 5) is 13.6. The fourth-order valence-electron chi connectivity index (χ4n) is 0.690. The van der Waals surface area contributed by atoms with Gasteiger partial charge in [-0.3, -0.25) is 0 Å². The van der Waals surface area contributed by atoms with Gasteiger partial charge in [0.25, 0.3) is 0 Å². The summed E-state index contributed by atoms with van der Waals surface area (Å²) in [6.45, 7) is 6.47. The Labute approximate surface area is 47.6 Å². The van der Waals surface area contributed by atoms with Crippen molar-refractivity contribution in [2.45, 2.75) is 12.8 Å². The smallest absolute Gasteiger partial charge is 0.225 e. The van der Waals surface area contributed by atoms with E-state index in [2.05, 4.69) is 4.85 Å². The van der Waals surface area contributed by atoms with E-state index in [1.165, 1.54) is 0 Å². The predicted molar refractivity (Wildman–Crippen MR) is 28.9 cm³/mol. The summed E-state index contributed by atoms with van der Waals surface area (Å²) in [7, 11) is 0. The van der Waals surface area contributed by atoms with Crippen LogP contribution in [0.15, 0.2) is 11.8 Å². The van der Waals surface area contributed by atoms with Crippen LogP contribution in [0.3, 0.4) is 0 Å². The maximum absolute atomic E-state index is 10.5. The summed E-state index contributed by atoms with van der Waals surface area (Å²) in [5.74, 6) is 0.000000000000000222. The molecule has 0 saturated heterocycles. The second-order valence-electron chi connectivity index (χ2n) is 1.66. The van der Waals surface area contributed by atoms with E-state index in [-0.39, 0.29) is 5.78 Å². The lowest BCUT2D eigenvalue weighted by Gasteiger charge is -1.79. The molecule has 0 N–H and O–H groups in total. The van der Waals surface area contributed by atoms with Gasteiger partial charge in [-0.15, -0.1) is 0 Å². The first-order chi connectivity index (χ1) is 3.84. The van der Waals surface area contributed by atoms with Gasteiger partial charge in [0.2, 0.25) is 5.70 Å². The van der Waals surface area contributed by atoms with E-state index in [1.54, 1.807) is 6.08 Å². The molecule has 40 valence electrons. The first-order valence-electron chi connectivity index (χ1n) is 2.45. The van der Waals surface area contributed by atoms with Crippen molar-refractivity contribution >= 4 is 5.78 Å². The average Bonchev–Trinajstić information content (AvgIpc) is 2.14. The molecule has 0 aliphatic heterocycles. The zero-order chi connectivity index (χ0) is 5.98. The molecule has 0 amide bonds. The predicted octanol–water partition coefficient (Wildman–Crippen LogP) is 1.15. The maximum Gasteiger partial charge on any atom is 0.225 e. The Bertz CT molecular complexity index is 185. The highest BCUT2D eigenvalue weighted by molar-refractivity contribution is 5.99. The largest absolute Gasteiger partial charge is 0.308 e. The van der Waals surface area contributed by atoms with E-state index in [0.717, 1.165) is 6.42 Å². The molecular formula is C6H5NO. The molecule has 0 aromatic carbocycles. The first-order valence-corrected chi connectivity index (χ1v) is 2.45. The van der Waals surface area contributed by atoms with Gasteiger partial charge in [0.1, 0.15) is 0 Å².